The number of carbonyl (C=O) groups excluding carboxylic acids is 1. The van der Waals surface area contributed by atoms with Crippen molar-refractivity contribution in [1.82, 2.24) is 0 Å². The second-order valence-electron chi connectivity index (χ2n) is 6.44. The summed E-state index contributed by atoms with van der Waals surface area (Å²) in [6, 6.07) is 18.0. The van der Waals surface area contributed by atoms with E-state index in [1.807, 2.05) is 6.07 Å². The van der Waals surface area contributed by atoms with Gasteiger partial charge in [0.2, 0.25) is 5.75 Å². The largest absolute Gasteiger partial charge is 0.449 e. The van der Waals surface area contributed by atoms with E-state index in [1.54, 1.807) is 42.5 Å². The number of rotatable bonds is 7. The number of nitro groups is 2. The van der Waals surface area contributed by atoms with Crippen LogP contribution in [-0.4, -0.2) is 15.8 Å². The van der Waals surface area contributed by atoms with Crippen LogP contribution in [-0.2, 0) is 4.79 Å². The maximum absolute atomic E-state index is 12.5. The molecule has 10 nitrogen and oxygen atoms in total. The fraction of sp³-hybridized carbons (Fsp3) is 0. The Balaban J connectivity index is 1.98. The summed E-state index contributed by atoms with van der Waals surface area (Å²) < 4.78 is 6.26. The first-order valence-electron chi connectivity index (χ1n) is 9.17. The lowest BCUT2D eigenvalue weighted by atomic mass is 10.1. The van der Waals surface area contributed by atoms with E-state index in [9.17, 15) is 30.3 Å². The Morgan fingerprint density at radius 3 is 2.33 bits per heavy atom. The normalized spacial score (nSPS) is 10.7. The van der Waals surface area contributed by atoms with Crippen LogP contribution in [0, 0.1) is 31.6 Å². The third kappa shape index (κ3) is 5.78. The Morgan fingerprint density at radius 1 is 1.00 bits per heavy atom. The van der Waals surface area contributed by atoms with Crippen molar-refractivity contribution in [2.45, 2.75) is 0 Å². The zero-order valence-electron chi connectivity index (χ0n) is 16.6. The molecular weight excluding hydrogens is 496 g/mol. The molecule has 0 saturated heterocycles. The summed E-state index contributed by atoms with van der Waals surface area (Å²) in [5.74, 6) is -0.804. The van der Waals surface area contributed by atoms with Gasteiger partial charge >= 0.3 is 5.69 Å². The van der Waals surface area contributed by atoms with Gasteiger partial charge in [-0.2, -0.15) is 5.26 Å². The summed E-state index contributed by atoms with van der Waals surface area (Å²) in [5, 5.41) is 34.4. The molecule has 0 unspecified atom stereocenters. The summed E-state index contributed by atoms with van der Waals surface area (Å²) in [5.41, 5.74) is -0.536. The van der Waals surface area contributed by atoms with E-state index in [1.165, 1.54) is 12.1 Å². The predicted octanol–water partition coefficient (Wildman–Crippen LogP) is 5.60. The van der Waals surface area contributed by atoms with Crippen LogP contribution in [0.2, 0.25) is 0 Å². The number of hydrogen-bond donors (Lipinski definition) is 1. The average molecular weight is 509 g/mol. The smallest absolute Gasteiger partial charge is 0.318 e. The van der Waals surface area contributed by atoms with Gasteiger partial charge in [-0.1, -0.05) is 34.1 Å². The summed E-state index contributed by atoms with van der Waals surface area (Å²) in [6.45, 7) is 0. The number of amides is 1. The highest BCUT2D eigenvalue weighted by Crippen LogP contribution is 2.37. The van der Waals surface area contributed by atoms with Crippen LogP contribution in [0.1, 0.15) is 5.56 Å². The number of ether oxygens (including phenoxy) is 1. The van der Waals surface area contributed by atoms with Gasteiger partial charge in [-0.05, 0) is 42.5 Å². The third-order valence-corrected chi connectivity index (χ3v) is 4.73. The average Bonchev–Trinajstić information content (AvgIpc) is 2.79. The molecule has 3 aromatic rings. The molecule has 164 valence electrons. The van der Waals surface area contributed by atoms with Crippen LogP contribution < -0.4 is 10.1 Å². The number of nitriles is 1. The van der Waals surface area contributed by atoms with Crippen LogP contribution in [0.4, 0.5) is 17.1 Å². The molecule has 33 heavy (non-hydrogen) atoms. The van der Waals surface area contributed by atoms with Crippen molar-refractivity contribution in [3.8, 4) is 17.6 Å². The fourth-order valence-electron chi connectivity index (χ4n) is 2.72. The van der Waals surface area contributed by atoms with Gasteiger partial charge in [-0.15, -0.1) is 0 Å². The van der Waals surface area contributed by atoms with Crippen LogP contribution in [0.3, 0.4) is 0 Å². The van der Waals surface area contributed by atoms with Gasteiger partial charge in [-0.25, -0.2) is 0 Å². The van der Waals surface area contributed by atoms with Crippen LogP contribution in [0.25, 0.3) is 6.08 Å². The molecule has 0 heterocycles. The minimum atomic E-state index is -0.801. The zero-order chi connectivity index (χ0) is 24.0. The lowest BCUT2D eigenvalue weighted by Gasteiger charge is -2.10. The van der Waals surface area contributed by atoms with Crippen molar-refractivity contribution >= 4 is 45.0 Å². The SMILES string of the molecule is N#C/C(=C\c1cc(Br)ccc1Oc1ccc([N+](=O)[O-])cc1[N+](=O)[O-])C(=O)Nc1ccccc1. The molecule has 1 N–H and O–H groups in total. The fourth-order valence-corrected chi connectivity index (χ4v) is 3.09. The standard InChI is InChI=1S/C22H13BrN4O6/c23-16-6-8-20(33-21-9-7-18(26(29)30)12-19(21)27(31)32)14(11-16)10-15(13-24)22(28)25-17-4-2-1-3-5-17/h1-12H,(H,25,28)/b15-10+. The molecule has 0 aliphatic heterocycles. The number of para-hydroxylation sites is 1. The summed E-state index contributed by atoms with van der Waals surface area (Å²) in [4.78, 5) is 33.3. The molecule has 0 fully saturated rings. The number of nitrogens with zero attached hydrogens (tertiary/aromatic N) is 3. The minimum Gasteiger partial charge on any atom is -0.449 e. The van der Waals surface area contributed by atoms with Gasteiger partial charge < -0.3 is 10.1 Å². The molecule has 0 radical (unpaired) electrons. The van der Waals surface area contributed by atoms with Gasteiger partial charge in [0.05, 0.1) is 15.9 Å². The highest BCUT2D eigenvalue weighted by molar-refractivity contribution is 9.10. The van der Waals surface area contributed by atoms with Crippen molar-refractivity contribution in [2.75, 3.05) is 5.32 Å². The number of nitrogens with one attached hydrogen (secondary N) is 1. The van der Waals surface area contributed by atoms with Crippen LogP contribution in [0.15, 0.2) is 76.8 Å². The first-order chi connectivity index (χ1) is 15.8. The molecule has 3 aromatic carbocycles. The maximum atomic E-state index is 12.5. The van der Waals surface area contributed by atoms with Gasteiger partial charge in [0.15, 0.2) is 0 Å². The van der Waals surface area contributed by atoms with E-state index in [0.717, 1.165) is 18.2 Å². The summed E-state index contributed by atoms with van der Waals surface area (Å²) in [7, 11) is 0. The zero-order valence-corrected chi connectivity index (χ0v) is 18.2. The second-order valence-corrected chi connectivity index (χ2v) is 7.36. The lowest BCUT2D eigenvalue weighted by Crippen LogP contribution is -2.13. The molecule has 0 spiro atoms. The Kier molecular flexibility index (Phi) is 7.12. The Morgan fingerprint density at radius 2 is 1.70 bits per heavy atom. The monoisotopic (exact) mass is 508 g/mol. The second kappa shape index (κ2) is 10.2. The van der Waals surface area contributed by atoms with Gasteiger partial charge in [0.25, 0.3) is 11.6 Å². The Labute approximate surface area is 195 Å². The molecule has 3 rings (SSSR count). The number of carbonyl (C=O) groups is 1. The number of nitro benzene ring substituents is 2. The van der Waals surface area contributed by atoms with Crippen molar-refractivity contribution in [3.63, 3.8) is 0 Å². The van der Waals surface area contributed by atoms with Crippen molar-refractivity contribution in [3.05, 3.63) is 103 Å². The Bertz CT molecular complexity index is 1320. The quantitative estimate of drug-likeness (QED) is 0.189. The summed E-state index contributed by atoms with van der Waals surface area (Å²) in [6.07, 6.45) is 1.27. The highest BCUT2D eigenvalue weighted by atomic mass is 79.9. The van der Waals surface area contributed by atoms with E-state index in [0.29, 0.717) is 10.2 Å². The van der Waals surface area contributed by atoms with E-state index in [-0.39, 0.29) is 22.6 Å². The van der Waals surface area contributed by atoms with Crippen molar-refractivity contribution < 1.29 is 19.4 Å². The van der Waals surface area contributed by atoms with E-state index >= 15 is 0 Å². The highest BCUT2D eigenvalue weighted by Gasteiger charge is 2.22. The number of hydrogen-bond acceptors (Lipinski definition) is 7. The van der Waals surface area contributed by atoms with Crippen molar-refractivity contribution in [1.29, 1.82) is 5.26 Å². The van der Waals surface area contributed by atoms with Gasteiger partial charge in [0.1, 0.15) is 17.4 Å². The molecule has 0 saturated carbocycles. The van der Waals surface area contributed by atoms with E-state index in [2.05, 4.69) is 21.2 Å². The lowest BCUT2D eigenvalue weighted by molar-refractivity contribution is -0.394. The molecule has 1 amide bonds. The van der Waals surface area contributed by atoms with Crippen molar-refractivity contribution in [2.24, 2.45) is 0 Å². The van der Waals surface area contributed by atoms with Gasteiger partial charge in [0, 0.05) is 21.8 Å². The number of halogens is 1. The topological polar surface area (TPSA) is 148 Å². The Hall–Kier alpha value is -4.56. The predicted molar refractivity (Wildman–Crippen MR) is 123 cm³/mol. The molecule has 0 atom stereocenters. The molecule has 11 heteroatoms. The minimum absolute atomic E-state index is 0.0930. The van der Waals surface area contributed by atoms with Crippen LogP contribution >= 0.6 is 15.9 Å². The molecule has 0 bridgehead atoms. The van der Waals surface area contributed by atoms with E-state index in [4.69, 9.17) is 4.74 Å². The molecule has 0 aromatic heterocycles. The molecule has 0 aliphatic rings. The third-order valence-electron chi connectivity index (χ3n) is 4.24. The van der Waals surface area contributed by atoms with Gasteiger partial charge in [-0.3, -0.25) is 25.0 Å². The maximum Gasteiger partial charge on any atom is 0.318 e. The first kappa shape index (κ1) is 23.1. The number of anilines is 1. The summed E-state index contributed by atoms with van der Waals surface area (Å²) >= 11 is 3.30. The molecule has 0 aliphatic carbocycles. The van der Waals surface area contributed by atoms with Crippen LogP contribution in [0.5, 0.6) is 11.5 Å². The number of non-ortho nitro benzene ring substituents is 1. The first-order valence-corrected chi connectivity index (χ1v) is 9.96. The number of benzene rings is 3. The molecular formula is C22H13BrN4O6. The van der Waals surface area contributed by atoms with E-state index < -0.39 is 27.1 Å².